The highest BCUT2D eigenvalue weighted by atomic mass is 32.1. The standard InChI is InChI=1S/C9H13N5OS/c1-14-6-10-5-7(14)8-12-9(16-13-8)11-3-4-15-2/h5-6H,3-4H2,1-2H3,(H,11,12,13). The maximum Gasteiger partial charge on any atom is 0.203 e. The van der Waals surface area contributed by atoms with Gasteiger partial charge < -0.3 is 14.6 Å². The largest absolute Gasteiger partial charge is 0.383 e. The Hall–Kier alpha value is -1.47. The number of aryl methyl sites for hydroxylation is 1. The molecule has 0 amide bonds. The van der Waals surface area contributed by atoms with Gasteiger partial charge in [-0.3, -0.25) is 0 Å². The van der Waals surface area contributed by atoms with E-state index in [9.17, 15) is 0 Å². The number of hydrogen-bond donors (Lipinski definition) is 1. The van der Waals surface area contributed by atoms with Crippen LogP contribution in [0.4, 0.5) is 5.13 Å². The van der Waals surface area contributed by atoms with Crippen LogP contribution in [0.3, 0.4) is 0 Å². The lowest BCUT2D eigenvalue weighted by molar-refractivity contribution is 0.211. The lowest BCUT2D eigenvalue weighted by Gasteiger charge is -1.99. The van der Waals surface area contributed by atoms with Gasteiger partial charge in [-0.2, -0.15) is 9.36 Å². The second-order valence-corrected chi connectivity index (χ2v) is 3.98. The van der Waals surface area contributed by atoms with Crippen LogP contribution in [0.25, 0.3) is 11.5 Å². The molecule has 1 N–H and O–H groups in total. The van der Waals surface area contributed by atoms with Crippen LogP contribution in [0.2, 0.25) is 0 Å². The van der Waals surface area contributed by atoms with Crippen LogP contribution in [-0.4, -0.2) is 39.2 Å². The number of methoxy groups -OCH3 is 1. The van der Waals surface area contributed by atoms with E-state index in [-0.39, 0.29) is 0 Å². The Morgan fingerprint density at radius 1 is 1.56 bits per heavy atom. The molecule has 2 rings (SSSR count). The number of rotatable bonds is 5. The van der Waals surface area contributed by atoms with Crippen LogP contribution < -0.4 is 5.32 Å². The minimum absolute atomic E-state index is 0.653. The van der Waals surface area contributed by atoms with E-state index in [1.807, 2.05) is 11.6 Å². The number of anilines is 1. The molecule has 0 aliphatic carbocycles. The number of hydrogen-bond acceptors (Lipinski definition) is 6. The average molecular weight is 239 g/mol. The molecule has 0 unspecified atom stereocenters. The molecule has 16 heavy (non-hydrogen) atoms. The first kappa shape index (κ1) is 11.0. The highest BCUT2D eigenvalue weighted by Crippen LogP contribution is 2.19. The average Bonchev–Trinajstić information content (AvgIpc) is 2.87. The Morgan fingerprint density at radius 2 is 2.44 bits per heavy atom. The first-order chi connectivity index (χ1) is 7.81. The van der Waals surface area contributed by atoms with Crippen LogP contribution in [0.15, 0.2) is 12.5 Å². The van der Waals surface area contributed by atoms with Gasteiger partial charge in [-0.15, -0.1) is 0 Å². The van der Waals surface area contributed by atoms with Gasteiger partial charge in [0.05, 0.1) is 19.1 Å². The van der Waals surface area contributed by atoms with Crippen LogP contribution in [-0.2, 0) is 11.8 Å². The summed E-state index contributed by atoms with van der Waals surface area (Å²) in [6, 6.07) is 0. The van der Waals surface area contributed by atoms with Crippen molar-refractivity contribution in [3.05, 3.63) is 12.5 Å². The van der Waals surface area contributed by atoms with Gasteiger partial charge in [0.2, 0.25) is 5.13 Å². The van der Waals surface area contributed by atoms with Crippen molar-refractivity contribution in [2.24, 2.45) is 7.05 Å². The van der Waals surface area contributed by atoms with E-state index in [0.29, 0.717) is 12.4 Å². The number of nitrogens with one attached hydrogen (secondary N) is 1. The van der Waals surface area contributed by atoms with Gasteiger partial charge in [0, 0.05) is 32.2 Å². The van der Waals surface area contributed by atoms with E-state index in [0.717, 1.165) is 17.4 Å². The summed E-state index contributed by atoms with van der Waals surface area (Å²) in [7, 11) is 3.59. The predicted octanol–water partition coefficient (Wildman–Crippen LogP) is 0.997. The van der Waals surface area contributed by atoms with E-state index in [2.05, 4.69) is 19.7 Å². The fraction of sp³-hybridized carbons (Fsp3) is 0.444. The lowest BCUT2D eigenvalue weighted by atomic mass is 10.4. The Bertz CT molecular complexity index is 452. The third-order valence-corrected chi connectivity index (χ3v) is 2.73. The molecule has 0 aliphatic heterocycles. The van der Waals surface area contributed by atoms with E-state index in [1.165, 1.54) is 11.5 Å². The number of ether oxygens (including phenoxy) is 1. The summed E-state index contributed by atoms with van der Waals surface area (Å²) in [5.41, 5.74) is 0.913. The zero-order chi connectivity index (χ0) is 11.4. The highest BCUT2D eigenvalue weighted by Gasteiger charge is 2.08. The fourth-order valence-corrected chi connectivity index (χ4v) is 1.83. The van der Waals surface area contributed by atoms with Crippen molar-refractivity contribution >= 4 is 16.7 Å². The molecule has 0 radical (unpaired) electrons. The third kappa shape index (κ3) is 2.37. The molecular formula is C9H13N5OS. The molecule has 0 bridgehead atoms. The summed E-state index contributed by atoms with van der Waals surface area (Å²) in [6.45, 7) is 1.39. The molecule has 6 nitrogen and oxygen atoms in total. The molecule has 2 aromatic rings. The zero-order valence-corrected chi connectivity index (χ0v) is 9.99. The molecule has 0 saturated carbocycles. The summed E-state index contributed by atoms with van der Waals surface area (Å²) in [5, 5.41) is 3.94. The minimum atomic E-state index is 0.653. The molecule has 0 aliphatic rings. The van der Waals surface area contributed by atoms with Crippen LogP contribution in [0.1, 0.15) is 0 Å². The van der Waals surface area contributed by atoms with Gasteiger partial charge in [0.25, 0.3) is 0 Å². The van der Waals surface area contributed by atoms with Gasteiger partial charge >= 0.3 is 0 Å². The summed E-state index contributed by atoms with van der Waals surface area (Å²) in [4.78, 5) is 8.40. The number of imidazole rings is 1. The van der Waals surface area contributed by atoms with Crippen molar-refractivity contribution in [2.75, 3.05) is 25.6 Å². The van der Waals surface area contributed by atoms with Gasteiger partial charge in [0.15, 0.2) is 5.82 Å². The Kier molecular flexibility index (Phi) is 3.47. The van der Waals surface area contributed by atoms with Gasteiger partial charge in [-0.1, -0.05) is 0 Å². The van der Waals surface area contributed by atoms with Crippen molar-refractivity contribution in [3.8, 4) is 11.5 Å². The van der Waals surface area contributed by atoms with Crippen LogP contribution in [0, 0.1) is 0 Å². The first-order valence-corrected chi connectivity index (χ1v) is 5.62. The molecule has 0 saturated heterocycles. The predicted molar refractivity (Wildman–Crippen MR) is 62.5 cm³/mol. The first-order valence-electron chi connectivity index (χ1n) is 4.84. The summed E-state index contributed by atoms with van der Waals surface area (Å²) < 4.78 is 11.1. The zero-order valence-electron chi connectivity index (χ0n) is 9.17. The summed E-state index contributed by atoms with van der Waals surface area (Å²) in [6.07, 6.45) is 3.48. The second kappa shape index (κ2) is 5.04. The van der Waals surface area contributed by atoms with E-state index in [1.54, 1.807) is 19.6 Å². The van der Waals surface area contributed by atoms with Gasteiger partial charge in [-0.05, 0) is 0 Å². The topological polar surface area (TPSA) is 64.9 Å². The Morgan fingerprint density at radius 3 is 3.12 bits per heavy atom. The molecule has 0 spiro atoms. The number of aromatic nitrogens is 4. The van der Waals surface area contributed by atoms with Crippen LogP contribution in [0.5, 0.6) is 0 Å². The van der Waals surface area contributed by atoms with Crippen LogP contribution >= 0.6 is 11.5 Å². The molecule has 0 aromatic carbocycles. The van der Waals surface area contributed by atoms with Crippen molar-refractivity contribution in [1.29, 1.82) is 0 Å². The molecule has 2 heterocycles. The monoisotopic (exact) mass is 239 g/mol. The normalized spacial score (nSPS) is 10.6. The van der Waals surface area contributed by atoms with Gasteiger partial charge in [-0.25, -0.2) is 4.98 Å². The molecular weight excluding hydrogens is 226 g/mol. The maximum absolute atomic E-state index is 4.94. The second-order valence-electron chi connectivity index (χ2n) is 3.23. The highest BCUT2D eigenvalue weighted by molar-refractivity contribution is 7.09. The summed E-state index contributed by atoms with van der Waals surface area (Å²) >= 11 is 1.34. The van der Waals surface area contributed by atoms with E-state index < -0.39 is 0 Å². The van der Waals surface area contributed by atoms with Crippen molar-refractivity contribution in [3.63, 3.8) is 0 Å². The molecule has 86 valence electrons. The summed E-state index contributed by atoms with van der Waals surface area (Å²) in [5.74, 6) is 0.699. The van der Waals surface area contributed by atoms with Crippen molar-refractivity contribution in [1.82, 2.24) is 18.9 Å². The Balaban J connectivity index is 2.05. The Labute approximate surface area is 97.5 Å². The maximum atomic E-state index is 4.94. The van der Waals surface area contributed by atoms with Crippen molar-refractivity contribution in [2.45, 2.75) is 0 Å². The van der Waals surface area contributed by atoms with E-state index in [4.69, 9.17) is 4.74 Å². The van der Waals surface area contributed by atoms with E-state index >= 15 is 0 Å². The quantitative estimate of drug-likeness (QED) is 0.788. The third-order valence-electron chi connectivity index (χ3n) is 2.05. The minimum Gasteiger partial charge on any atom is -0.383 e. The SMILES string of the molecule is COCCNc1nc(-c2cncn2C)ns1. The van der Waals surface area contributed by atoms with Crippen molar-refractivity contribution < 1.29 is 4.74 Å². The lowest BCUT2D eigenvalue weighted by Crippen LogP contribution is -2.07. The molecule has 0 atom stereocenters. The fourth-order valence-electron chi connectivity index (χ4n) is 1.23. The molecule has 2 aromatic heterocycles. The number of nitrogens with zero attached hydrogens (tertiary/aromatic N) is 4. The smallest absolute Gasteiger partial charge is 0.203 e. The molecule has 0 fully saturated rings. The van der Waals surface area contributed by atoms with Gasteiger partial charge in [0.1, 0.15) is 5.69 Å². The molecule has 7 heteroatoms.